The second kappa shape index (κ2) is 19.3. The fourth-order valence-corrected chi connectivity index (χ4v) is 9.27. The van der Waals surface area contributed by atoms with Crippen LogP contribution in [0.4, 0.5) is 29.0 Å². The van der Waals surface area contributed by atoms with Gasteiger partial charge in [-0.3, -0.25) is 10.2 Å². The average Bonchev–Trinajstić information content (AvgIpc) is 3.54. The molecule has 0 bridgehead atoms. The quantitative estimate of drug-likeness (QED) is 0.0676. The largest absolute Gasteiger partial charge is 1.00 e. The zero-order valence-electron chi connectivity index (χ0n) is 31.8. The summed E-state index contributed by atoms with van der Waals surface area (Å²) in [6.45, 7) is 3.34. The van der Waals surface area contributed by atoms with Crippen LogP contribution in [0.15, 0.2) is 92.6 Å². The molecule has 60 heavy (non-hydrogen) atoms. The van der Waals surface area contributed by atoms with E-state index in [2.05, 4.69) is 41.1 Å². The molecule has 1 aliphatic carbocycles. The maximum absolute atomic E-state index is 13.9. The number of aromatic nitrogens is 4. The van der Waals surface area contributed by atoms with Crippen LogP contribution in [0.1, 0.15) is 27.0 Å². The van der Waals surface area contributed by atoms with Crippen molar-refractivity contribution in [3.05, 3.63) is 105 Å². The van der Waals surface area contributed by atoms with Crippen molar-refractivity contribution in [2.75, 3.05) is 16.1 Å². The van der Waals surface area contributed by atoms with Gasteiger partial charge in [0, 0.05) is 11.3 Å². The average molecular weight is 935 g/mol. The molecule has 3 N–H and O–H groups in total. The van der Waals surface area contributed by atoms with Gasteiger partial charge < -0.3 is 24.3 Å². The number of hydrogen-bond donors (Lipinski definition) is 3. The fourth-order valence-electron chi connectivity index (χ4n) is 5.64. The van der Waals surface area contributed by atoms with E-state index >= 15 is 0 Å². The number of allylic oxidation sites excluding steroid dienone is 1. The van der Waals surface area contributed by atoms with Gasteiger partial charge in [-0.1, -0.05) is 23.8 Å². The van der Waals surface area contributed by atoms with Gasteiger partial charge in [-0.15, -0.1) is 11.3 Å². The van der Waals surface area contributed by atoms with Crippen LogP contribution in [-0.4, -0.2) is 70.3 Å². The van der Waals surface area contributed by atoms with Crippen molar-refractivity contribution in [3.63, 3.8) is 0 Å². The second-order valence-electron chi connectivity index (χ2n) is 12.2. The molecule has 2 aromatic heterocycles. The van der Waals surface area contributed by atoms with Crippen molar-refractivity contribution in [1.82, 2.24) is 19.9 Å². The van der Waals surface area contributed by atoms with Gasteiger partial charge >= 0.3 is 88.7 Å². The normalized spacial score (nSPS) is 13.3. The van der Waals surface area contributed by atoms with E-state index < -0.39 is 57.2 Å². The van der Waals surface area contributed by atoms with E-state index in [0.717, 1.165) is 35.1 Å². The molecular weight excluding hydrogens is 913 g/mol. The number of nitrogens with zero attached hydrogens (tertiary/aromatic N) is 5. The molecule has 0 aliphatic heterocycles. The zero-order valence-corrected chi connectivity index (χ0v) is 41.9. The molecule has 7 rings (SSSR count). The first-order chi connectivity index (χ1) is 26.7. The SMILES string of the molecule is Cc1ccc(N/N=C2/C(=O)c3c(cc(S(=O)(=O)[O-])cc3Nc3nc(Cl)nc(Nc4ccc(-c5nc6ccc(C)c(S(=O)(=O)[O-])c6s5)cc4)n3)C=C2S(=O)(=O)[O-])cc1.[Na+].[Na+].[Na+]. The molecule has 0 atom stereocenters. The summed E-state index contributed by atoms with van der Waals surface area (Å²) < 4.78 is 109. The molecule has 6 aromatic rings. The van der Waals surface area contributed by atoms with Crippen LogP contribution < -0.4 is 105 Å². The van der Waals surface area contributed by atoms with Crippen LogP contribution in [0, 0.1) is 13.8 Å². The summed E-state index contributed by atoms with van der Waals surface area (Å²) in [7, 11) is -15.4. The molecule has 0 unspecified atom stereocenters. The van der Waals surface area contributed by atoms with Gasteiger partial charge in [0.15, 0.2) is 0 Å². The van der Waals surface area contributed by atoms with Crippen molar-refractivity contribution < 1.29 is 132 Å². The summed E-state index contributed by atoms with van der Waals surface area (Å²) in [5.41, 5.74) is 3.42. The van der Waals surface area contributed by atoms with Crippen LogP contribution in [0.2, 0.25) is 5.28 Å². The van der Waals surface area contributed by atoms with Gasteiger partial charge in [0.1, 0.15) is 41.1 Å². The molecule has 1 aliphatic rings. The molecule has 2 heterocycles. The van der Waals surface area contributed by atoms with E-state index in [0.29, 0.717) is 33.0 Å². The van der Waals surface area contributed by atoms with Crippen molar-refractivity contribution in [1.29, 1.82) is 0 Å². The van der Waals surface area contributed by atoms with E-state index in [9.17, 15) is 43.7 Å². The number of rotatable bonds is 10. The van der Waals surface area contributed by atoms with Crippen LogP contribution >= 0.6 is 22.9 Å². The maximum Gasteiger partial charge on any atom is 1.00 e. The minimum atomic E-state index is -5.38. The fraction of sp³-hybridized carbons (Fsp3) is 0.0588. The van der Waals surface area contributed by atoms with Crippen molar-refractivity contribution >= 4 is 110 Å². The first-order valence-corrected chi connectivity index (χ1v) is 21.4. The zero-order chi connectivity index (χ0) is 41.0. The molecule has 0 spiro atoms. The summed E-state index contributed by atoms with van der Waals surface area (Å²) in [5.74, 6) is -1.64. The monoisotopic (exact) mass is 934 g/mol. The number of anilines is 5. The topological polar surface area (TPSA) is 289 Å². The Hall–Kier alpha value is -2.72. The molecule has 18 nitrogen and oxygen atoms in total. The summed E-state index contributed by atoms with van der Waals surface area (Å²) in [6, 6.07) is 17.8. The Labute approximate surface area is 417 Å². The van der Waals surface area contributed by atoms with Gasteiger partial charge in [-0.2, -0.15) is 20.1 Å². The van der Waals surface area contributed by atoms with Crippen LogP contribution in [0.3, 0.4) is 0 Å². The van der Waals surface area contributed by atoms with Crippen LogP contribution in [0.5, 0.6) is 0 Å². The molecule has 0 fully saturated rings. The van der Waals surface area contributed by atoms with Gasteiger partial charge in [0.05, 0.1) is 41.9 Å². The first kappa shape index (κ1) is 49.9. The molecular formula is C34H22ClN8Na3O10S4. The number of carbonyl (C=O) groups is 1. The second-order valence-corrected chi connectivity index (χ2v) is 17.6. The number of ketones is 1. The summed E-state index contributed by atoms with van der Waals surface area (Å²) in [4.78, 5) is 28.3. The first-order valence-electron chi connectivity index (χ1n) is 15.9. The standard InChI is InChI=1S/C34H25ClN8O10S4.3Na/c1-16-3-8-21(9-4-16)42-43-27-25(56(48,49)50)14-19-13-22(55(45,46)47)15-24(26(19)28(27)44)38-34-40-32(35)39-33(41-34)36-20-10-6-18(7-11-20)31-37-23-12-5-17(2)30(29(23)54-31)57(51,52)53;;;/h3-15,42H,1-2H3,(H,45,46,47)(H,48,49,50)(H,51,52,53)(H2,36,38,39,40,41);;;/q;3*+1/p-3/b43-27+;;;. The number of fused-ring (bicyclic) bond motifs is 2. The maximum atomic E-state index is 13.9. The van der Waals surface area contributed by atoms with Gasteiger partial charge in [0.25, 0.3) is 0 Å². The van der Waals surface area contributed by atoms with Crippen molar-refractivity contribution in [3.8, 4) is 10.6 Å². The number of hydrogen-bond acceptors (Lipinski definition) is 19. The number of aryl methyl sites for hydroxylation is 2. The molecule has 0 saturated heterocycles. The third kappa shape index (κ3) is 11.1. The molecule has 0 amide bonds. The van der Waals surface area contributed by atoms with E-state index in [1.165, 1.54) is 13.0 Å². The minimum Gasteiger partial charge on any atom is -0.744 e. The Kier molecular flexibility index (Phi) is 16.1. The molecule has 292 valence electrons. The van der Waals surface area contributed by atoms with E-state index in [1.807, 2.05) is 6.92 Å². The third-order valence-corrected chi connectivity index (χ3v) is 12.3. The van der Waals surface area contributed by atoms with E-state index in [4.69, 9.17) is 11.6 Å². The molecule has 0 radical (unpaired) electrons. The molecule has 4 aromatic carbocycles. The molecule has 26 heteroatoms. The number of halogens is 1. The molecule has 0 saturated carbocycles. The number of carbonyl (C=O) groups excluding carboxylic acids is 1. The number of Topliss-reactive ketones (excluding diaryl/α,β-unsaturated/α-hetero) is 1. The van der Waals surface area contributed by atoms with Gasteiger partial charge in [-0.25, -0.2) is 30.2 Å². The van der Waals surface area contributed by atoms with Crippen molar-refractivity contribution in [2.45, 2.75) is 23.6 Å². The van der Waals surface area contributed by atoms with E-state index in [1.54, 1.807) is 54.6 Å². The van der Waals surface area contributed by atoms with Crippen LogP contribution in [0.25, 0.3) is 26.9 Å². The third-order valence-electron chi connectivity index (χ3n) is 8.21. The Morgan fingerprint density at radius 1 is 0.717 bits per heavy atom. The number of thiazole rings is 1. The Bertz CT molecular complexity index is 3080. The van der Waals surface area contributed by atoms with E-state index in [-0.39, 0.29) is 127 Å². The van der Waals surface area contributed by atoms with Crippen molar-refractivity contribution in [2.24, 2.45) is 5.10 Å². The smallest absolute Gasteiger partial charge is 0.744 e. The number of nitrogens with one attached hydrogen (secondary N) is 3. The summed E-state index contributed by atoms with van der Waals surface area (Å²) in [5, 5.41) is 9.52. The Morgan fingerprint density at radius 3 is 1.93 bits per heavy atom. The Balaban J connectivity index is 0.00000265. The summed E-state index contributed by atoms with van der Waals surface area (Å²) in [6.07, 6.45) is 0.728. The van der Waals surface area contributed by atoms with Gasteiger partial charge in [-0.05, 0) is 97.2 Å². The Morgan fingerprint density at radius 2 is 1.33 bits per heavy atom. The summed E-state index contributed by atoms with van der Waals surface area (Å²) >= 11 is 7.23. The number of hydrazone groups is 1. The van der Waals surface area contributed by atoms with Crippen LogP contribution in [-0.2, 0) is 30.4 Å². The number of benzene rings is 4. The minimum absolute atomic E-state index is 0. The predicted molar refractivity (Wildman–Crippen MR) is 208 cm³/mol. The predicted octanol–water partition coefficient (Wildman–Crippen LogP) is -3.72. The van der Waals surface area contributed by atoms with Gasteiger partial charge in [0.2, 0.25) is 23.0 Å².